The van der Waals surface area contributed by atoms with E-state index >= 15 is 0 Å². The zero-order chi connectivity index (χ0) is 19.4. The second kappa shape index (κ2) is 8.18. The van der Waals surface area contributed by atoms with E-state index in [9.17, 15) is 9.59 Å². The first-order chi connectivity index (χ1) is 12.9. The van der Waals surface area contributed by atoms with E-state index in [1.165, 1.54) is 18.3 Å². The number of nitrogens with one attached hydrogen (secondary N) is 1. The number of hydrogen-bond acceptors (Lipinski definition) is 4. The van der Waals surface area contributed by atoms with Crippen LogP contribution in [0.2, 0.25) is 0 Å². The number of benzene rings is 2. The molecule has 138 valence electrons. The fourth-order valence-electron chi connectivity index (χ4n) is 2.73. The molecule has 1 heterocycles. The van der Waals surface area contributed by atoms with E-state index in [0.717, 1.165) is 22.4 Å². The van der Waals surface area contributed by atoms with Crippen LogP contribution in [-0.4, -0.2) is 11.7 Å². The van der Waals surface area contributed by atoms with Gasteiger partial charge in [0.2, 0.25) is 0 Å². The molecule has 0 bridgehead atoms. The lowest BCUT2D eigenvalue weighted by Gasteiger charge is -2.10. The van der Waals surface area contributed by atoms with Crippen molar-refractivity contribution in [2.75, 3.05) is 5.32 Å². The number of para-hydroxylation sites is 1. The normalized spacial score (nSPS) is 10.5. The number of amides is 1. The molecule has 0 aliphatic carbocycles. The molecular formula is C22H21NO3S. The molecular weight excluding hydrogens is 358 g/mol. The summed E-state index contributed by atoms with van der Waals surface area (Å²) < 4.78 is 5.94. The Labute approximate surface area is 162 Å². The van der Waals surface area contributed by atoms with Crippen LogP contribution < -0.4 is 10.1 Å². The minimum absolute atomic E-state index is 0.000310. The van der Waals surface area contributed by atoms with E-state index < -0.39 is 0 Å². The molecule has 1 amide bonds. The summed E-state index contributed by atoms with van der Waals surface area (Å²) in [6.07, 6.45) is 0. The maximum absolute atomic E-state index is 12.4. The lowest BCUT2D eigenvalue weighted by atomic mass is 10.1. The number of thiophene rings is 1. The van der Waals surface area contributed by atoms with E-state index in [-0.39, 0.29) is 11.7 Å². The van der Waals surface area contributed by atoms with Crippen LogP contribution in [0.25, 0.3) is 0 Å². The second-order valence-electron chi connectivity index (χ2n) is 6.42. The quantitative estimate of drug-likeness (QED) is 0.584. The van der Waals surface area contributed by atoms with Gasteiger partial charge in [-0.2, -0.15) is 0 Å². The molecule has 2 aromatic carbocycles. The molecule has 0 unspecified atom stereocenters. The number of ether oxygens (including phenoxy) is 1. The first-order valence-electron chi connectivity index (χ1n) is 8.63. The third-order valence-electron chi connectivity index (χ3n) is 4.22. The fourth-order valence-corrected chi connectivity index (χ4v) is 3.53. The molecule has 0 radical (unpaired) electrons. The summed E-state index contributed by atoms with van der Waals surface area (Å²) >= 11 is 1.38. The van der Waals surface area contributed by atoms with Crippen molar-refractivity contribution in [2.45, 2.75) is 27.4 Å². The van der Waals surface area contributed by atoms with Crippen LogP contribution in [0.15, 0.2) is 53.9 Å². The monoisotopic (exact) mass is 379 g/mol. The average molecular weight is 379 g/mol. The summed E-state index contributed by atoms with van der Waals surface area (Å²) in [4.78, 5) is 24.3. The van der Waals surface area contributed by atoms with Gasteiger partial charge >= 0.3 is 0 Å². The molecule has 1 aromatic heterocycles. The third-order valence-corrected chi connectivity index (χ3v) is 5.20. The largest absolute Gasteiger partial charge is 0.488 e. The molecule has 0 spiro atoms. The van der Waals surface area contributed by atoms with Gasteiger partial charge in [0.25, 0.3) is 5.91 Å². The van der Waals surface area contributed by atoms with Gasteiger partial charge in [0, 0.05) is 16.8 Å². The lowest BCUT2D eigenvalue weighted by Crippen LogP contribution is -2.10. The molecule has 0 saturated heterocycles. The van der Waals surface area contributed by atoms with E-state index in [1.54, 1.807) is 24.3 Å². The smallest absolute Gasteiger partial charge is 0.265 e. The Hall–Kier alpha value is -2.92. The van der Waals surface area contributed by atoms with E-state index in [2.05, 4.69) is 5.32 Å². The Balaban J connectivity index is 1.63. The number of rotatable bonds is 6. The first-order valence-corrected chi connectivity index (χ1v) is 9.51. The van der Waals surface area contributed by atoms with Gasteiger partial charge in [-0.3, -0.25) is 9.59 Å². The minimum Gasteiger partial charge on any atom is -0.488 e. The molecule has 27 heavy (non-hydrogen) atoms. The number of anilines is 1. The predicted molar refractivity (Wildman–Crippen MR) is 109 cm³/mol. The van der Waals surface area contributed by atoms with Crippen molar-refractivity contribution in [1.82, 2.24) is 0 Å². The Morgan fingerprint density at radius 2 is 1.70 bits per heavy atom. The van der Waals surface area contributed by atoms with Crippen LogP contribution in [0.5, 0.6) is 5.75 Å². The van der Waals surface area contributed by atoms with Gasteiger partial charge in [0.05, 0.1) is 4.88 Å². The van der Waals surface area contributed by atoms with Crippen molar-refractivity contribution in [1.29, 1.82) is 0 Å². The van der Waals surface area contributed by atoms with Crippen LogP contribution in [-0.2, 0) is 6.61 Å². The molecule has 3 aromatic rings. The average Bonchev–Trinajstić information content (AvgIpc) is 3.11. The summed E-state index contributed by atoms with van der Waals surface area (Å²) in [6, 6.07) is 14.8. The molecule has 3 rings (SSSR count). The molecule has 0 aliphatic rings. The van der Waals surface area contributed by atoms with Crippen LogP contribution in [0.1, 0.15) is 43.6 Å². The molecule has 0 aliphatic heterocycles. The number of hydrogen-bond donors (Lipinski definition) is 1. The summed E-state index contributed by atoms with van der Waals surface area (Å²) in [7, 11) is 0. The third kappa shape index (κ3) is 4.63. The number of ketones is 1. The van der Waals surface area contributed by atoms with Crippen LogP contribution in [0.4, 0.5) is 5.69 Å². The summed E-state index contributed by atoms with van der Waals surface area (Å²) in [5, 5.41) is 4.78. The Bertz CT molecular complexity index is 953. The van der Waals surface area contributed by atoms with Gasteiger partial charge < -0.3 is 10.1 Å². The Morgan fingerprint density at radius 1 is 1.04 bits per heavy atom. The molecule has 0 saturated carbocycles. The maximum Gasteiger partial charge on any atom is 0.265 e. The summed E-state index contributed by atoms with van der Waals surface area (Å²) in [5.74, 6) is 0.717. The topological polar surface area (TPSA) is 55.4 Å². The number of aryl methyl sites for hydroxylation is 2. The number of carbonyl (C=O) groups excluding carboxylic acids is 2. The SMILES string of the molecule is CC(=O)c1ccc(NC(=O)c2cc(COc3c(C)cccc3C)cs2)cc1. The highest BCUT2D eigenvalue weighted by molar-refractivity contribution is 7.12. The maximum atomic E-state index is 12.4. The zero-order valence-corrected chi connectivity index (χ0v) is 16.4. The van der Waals surface area contributed by atoms with Crippen LogP contribution in [0, 0.1) is 13.8 Å². The van der Waals surface area contributed by atoms with Crippen molar-refractivity contribution in [3.8, 4) is 5.75 Å². The van der Waals surface area contributed by atoms with Gasteiger partial charge in [-0.05, 0) is 67.6 Å². The van der Waals surface area contributed by atoms with Gasteiger partial charge in [-0.25, -0.2) is 0 Å². The summed E-state index contributed by atoms with van der Waals surface area (Å²) in [6.45, 7) is 5.97. The highest BCUT2D eigenvalue weighted by atomic mass is 32.1. The van der Waals surface area contributed by atoms with E-state index in [1.807, 2.05) is 43.5 Å². The van der Waals surface area contributed by atoms with Crippen molar-refractivity contribution >= 4 is 28.7 Å². The highest BCUT2D eigenvalue weighted by Crippen LogP contribution is 2.25. The Kier molecular flexibility index (Phi) is 5.72. The lowest BCUT2D eigenvalue weighted by molar-refractivity contribution is 0.101. The van der Waals surface area contributed by atoms with E-state index in [4.69, 9.17) is 4.74 Å². The highest BCUT2D eigenvalue weighted by Gasteiger charge is 2.11. The second-order valence-corrected chi connectivity index (χ2v) is 7.33. The first kappa shape index (κ1) is 18.9. The number of carbonyl (C=O) groups is 2. The van der Waals surface area contributed by atoms with Crippen LogP contribution >= 0.6 is 11.3 Å². The van der Waals surface area contributed by atoms with Gasteiger partial charge in [0.1, 0.15) is 12.4 Å². The zero-order valence-electron chi connectivity index (χ0n) is 15.5. The van der Waals surface area contributed by atoms with Gasteiger partial charge in [0.15, 0.2) is 5.78 Å². The summed E-state index contributed by atoms with van der Waals surface area (Å²) in [5.41, 5.74) is 4.43. The van der Waals surface area contributed by atoms with Gasteiger partial charge in [-0.1, -0.05) is 18.2 Å². The molecule has 0 atom stereocenters. The molecule has 4 nitrogen and oxygen atoms in total. The molecule has 0 fully saturated rings. The standard InChI is InChI=1S/C22H21NO3S/c1-14-5-4-6-15(2)21(14)26-12-17-11-20(27-13-17)22(25)23-19-9-7-18(8-10-19)16(3)24/h4-11,13H,12H2,1-3H3,(H,23,25). The molecule has 5 heteroatoms. The number of Topliss-reactive ketones (excluding diaryl/α,β-unsaturated/α-hetero) is 1. The predicted octanol–water partition coefficient (Wildman–Crippen LogP) is 5.40. The minimum atomic E-state index is -0.172. The Morgan fingerprint density at radius 3 is 2.33 bits per heavy atom. The van der Waals surface area contributed by atoms with Crippen LogP contribution in [0.3, 0.4) is 0 Å². The molecule has 1 N–H and O–H groups in total. The van der Waals surface area contributed by atoms with Gasteiger partial charge in [-0.15, -0.1) is 11.3 Å². The van der Waals surface area contributed by atoms with Crippen molar-refractivity contribution < 1.29 is 14.3 Å². The fraction of sp³-hybridized carbons (Fsp3) is 0.182. The van der Waals surface area contributed by atoms with Crippen molar-refractivity contribution in [3.05, 3.63) is 81.0 Å². The van der Waals surface area contributed by atoms with Crippen molar-refractivity contribution in [2.24, 2.45) is 0 Å². The van der Waals surface area contributed by atoms with Crippen molar-refractivity contribution in [3.63, 3.8) is 0 Å². The van der Waals surface area contributed by atoms with E-state index in [0.29, 0.717) is 22.7 Å².